The van der Waals surface area contributed by atoms with E-state index in [2.05, 4.69) is 4.98 Å². The van der Waals surface area contributed by atoms with Crippen LogP contribution in [0.15, 0.2) is 46.1 Å². The molecule has 0 aliphatic carbocycles. The Bertz CT molecular complexity index is 885. The van der Waals surface area contributed by atoms with Crippen molar-refractivity contribution in [1.29, 1.82) is 0 Å². The lowest BCUT2D eigenvalue weighted by molar-refractivity contribution is 0.254. The molecule has 0 radical (unpaired) electrons. The highest BCUT2D eigenvalue weighted by atomic mass is 32.2. The molecule has 0 amide bonds. The smallest absolute Gasteiger partial charge is 0.248 e. The van der Waals surface area contributed by atoms with Crippen LogP contribution >= 0.6 is 0 Å². The molecular formula is C18H22N2O3S. The molecule has 1 aromatic heterocycles. The lowest BCUT2D eigenvalue weighted by atomic mass is 9.96. The normalized spacial score (nSPS) is 19.3. The van der Waals surface area contributed by atoms with E-state index in [0.717, 1.165) is 36.1 Å². The molecule has 1 aliphatic rings. The Morgan fingerprint density at radius 1 is 1.04 bits per heavy atom. The number of hydrogen-bond donors (Lipinski definition) is 1. The number of aromatic amines is 1. The molecule has 2 heterocycles. The molecule has 1 N–H and O–H groups in total. The maximum atomic E-state index is 13.1. The molecule has 6 heteroatoms. The van der Waals surface area contributed by atoms with Gasteiger partial charge in [-0.1, -0.05) is 30.2 Å². The van der Waals surface area contributed by atoms with Crippen LogP contribution < -0.4 is 5.56 Å². The van der Waals surface area contributed by atoms with E-state index in [-0.39, 0.29) is 11.6 Å². The van der Waals surface area contributed by atoms with E-state index in [9.17, 15) is 13.2 Å². The summed E-state index contributed by atoms with van der Waals surface area (Å²) in [7, 11) is -3.56. The van der Waals surface area contributed by atoms with Crippen LogP contribution in [0.3, 0.4) is 0 Å². The molecule has 5 nitrogen and oxygen atoms in total. The molecule has 1 saturated heterocycles. The number of nitrogens with zero attached hydrogens (tertiary/aromatic N) is 1. The third kappa shape index (κ3) is 3.16. The van der Waals surface area contributed by atoms with Gasteiger partial charge in [-0.15, -0.1) is 0 Å². The first kappa shape index (κ1) is 16.9. The predicted molar refractivity (Wildman–Crippen MR) is 93.5 cm³/mol. The first-order valence-corrected chi connectivity index (χ1v) is 9.62. The first-order valence-electron chi connectivity index (χ1n) is 8.18. The van der Waals surface area contributed by atoms with Crippen molar-refractivity contribution in [2.24, 2.45) is 0 Å². The second-order valence-corrected chi connectivity index (χ2v) is 8.23. The van der Waals surface area contributed by atoms with Gasteiger partial charge in [0.05, 0.1) is 10.9 Å². The summed E-state index contributed by atoms with van der Waals surface area (Å²) in [6.07, 6.45) is 2.59. The standard InChI is InChI=1S/C18H22N2O3S/c1-13-6-8-15(9-7-13)24(22,23)20-12-4-3-5-17(20)16-10-11-18(21)19-14(16)2/h6-11,17H,3-5,12H2,1-2H3,(H,19,21)/t17-/m0/s1. The van der Waals surface area contributed by atoms with Crippen LogP contribution in [0.5, 0.6) is 0 Å². The van der Waals surface area contributed by atoms with Gasteiger partial charge < -0.3 is 4.98 Å². The van der Waals surface area contributed by atoms with E-state index in [1.807, 2.05) is 26.0 Å². The zero-order valence-electron chi connectivity index (χ0n) is 14.0. The van der Waals surface area contributed by atoms with Gasteiger partial charge in [0, 0.05) is 18.3 Å². The molecule has 0 bridgehead atoms. The van der Waals surface area contributed by atoms with Gasteiger partial charge in [0.25, 0.3) is 0 Å². The number of aromatic nitrogens is 1. The van der Waals surface area contributed by atoms with Crippen LogP contribution in [-0.4, -0.2) is 24.3 Å². The second kappa shape index (κ2) is 6.53. The molecule has 0 spiro atoms. The van der Waals surface area contributed by atoms with Crippen LogP contribution in [0.25, 0.3) is 0 Å². The minimum Gasteiger partial charge on any atom is -0.326 e. The molecule has 1 aliphatic heterocycles. The number of piperidine rings is 1. The van der Waals surface area contributed by atoms with Crippen LogP contribution in [0.1, 0.15) is 42.1 Å². The Hall–Kier alpha value is -1.92. The summed E-state index contributed by atoms with van der Waals surface area (Å²) >= 11 is 0. The summed E-state index contributed by atoms with van der Waals surface area (Å²) in [6.45, 7) is 4.26. The largest absolute Gasteiger partial charge is 0.326 e. The van der Waals surface area contributed by atoms with Gasteiger partial charge >= 0.3 is 0 Å². The summed E-state index contributed by atoms with van der Waals surface area (Å²) in [5, 5.41) is 0. The number of benzene rings is 1. The van der Waals surface area contributed by atoms with Crippen molar-refractivity contribution in [3.05, 3.63) is 63.6 Å². The number of nitrogens with one attached hydrogen (secondary N) is 1. The number of H-pyrrole nitrogens is 1. The summed E-state index contributed by atoms with van der Waals surface area (Å²) < 4.78 is 27.8. The fraction of sp³-hybridized carbons (Fsp3) is 0.389. The highest BCUT2D eigenvalue weighted by Gasteiger charge is 2.35. The van der Waals surface area contributed by atoms with Gasteiger partial charge in [-0.25, -0.2) is 8.42 Å². The number of rotatable bonds is 3. The minimum atomic E-state index is -3.56. The van der Waals surface area contributed by atoms with E-state index in [1.165, 1.54) is 6.07 Å². The Balaban J connectivity index is 2.03. The molecule has 128 valence electrons. The van der Waals surface area contributed by atoms with Gasteiger partial charge in [0.1, 0.15) is 0 Å². The van der Waals surface area contributed by atoms with Crippen molar-refractivity contribution in [1.82, 2.24) is 9.29 Å². The fourth-order valence-corrected chi connectivity index (χ4v) is 4.97. The third-order valence-electron chi connectivity index (χ3n) is 4.60. The predicted octanol–water partition coefficient (Wildman–Crippen LogP) is 2.91. The van der Waals surface area contributed by atoms with Crippen molar-refractivity contribution >= 4 is 10.0 Å². The molecule has 0 unspecified atom stereocenters. The maximum Gasteiger partial charge on any atom is 0.248 e. The van der Waals surface area contributed by atoms with Crippen LogP contribution in [-0.2, 0) is 10.0 Å². The van der Waals surface area contributed by atoms with Gasteiger partial charge in [-0.2, -0.15) is 4.31 Å². The van der Waals surface area contributed by atoms with Crippen molar-refractivity contribution < 1.29 is 8.42 Å². The molecule has 1 aromatic carbocycles. The zero-order valence-corrected chi connectivity index (χ0v) is 14.8. The molecular weight excluding hydrogens is 324 g/mol. The average Bonchev–Trinajstić information content (AvgIpc) is 2.55. The zero-order chi connectivity index (χ0) is 17.3. The SMILES string of the molecule is Cc1ccc(S(=O)(=O)N2CCCC[C@H]2c2ccc(=O)[nH]c2C)cc1. The summed E-state index contributed by atoms with van der Waals surface area (Å²) in [5.74, 6) is 0. The Labute approximate surface area is 142 Å². The third-order valence-corrected chi connectivity index (χ3v) is 6.52. The fourth-order valence-electron chi connectivity index (χ4n) is 3.30. The van der Waals surface area contributed by atoms with Crippen molar-refractivity contribution in [2.45, 2.75) is 44.0 Å². The summed E-state index contributed by atoms with van der Waals surface area (Å²) in [6, 6.07) is 9.94. The topological polar surface area (TPSA) is 70.2 Å². The maximum absolute atomic E-state index is 13.1. The quantitative estimate of drug-likeness (QED) is 0.929. The Morgan fingerprint density at radius 2 is 1.75 bits per heavy atom. The number of aryl methyl sites for hydroxylation is 2. The molecule has 2 aromatic rings. The summed E-state index contributed by atoms with van der Waals surface area (Å²) in [4.78, 5) is 14.6. The highest BCUT2D eigenvalue weighted by molar-refractivity contribution is 7.89. The molecule has 0 saturated carbocycles. The molecule has 1 atom stereocenters. The van der Waals surface area contributed by atoms with E-state index in [0.29, 0.717) is 11.4 Å². The Morgan fingerprint density at radius 3 is 2.42 bits per heavy atom. The van der Waals surface area contributed by atoms with Gasteiger partial charge in [-0.05, 0) is 44.4 Å². The molecule has 1 fully saturated rings. The van der Waals surface area contributed by atoms with Crippen LogP contribution in [0.4, 0.5) is 0 Å². The van der Waals surface area contributed by atoms with E-state index >= 15 is 0 Å². The Kier molecular flexibility index (Phi) is 4.60. The van der Waals surface area contributed by atoms with Crippen molar-refractivity contribution in [3.8, 4) is 0 Å². The van der Waals surface area contributed by atoms with E-state index in [4.69, 9.17) is 0 Å². The van der Waals surface area contributed by atoms with Crippen molar-refractivity contribution in [2.75, 3.05) is 6.54 Å². The van der Waals surface area contributed by atoms with E-state index < -0.39 is 10.0 Å². The van der Waals surface area contributed by atoms with Crippen LogP contribution in [0.2, 0.25) is 0 Å². The average molecular weight is 346 g/mol. The number of sulfonamides is 1. The van der Waals surface area contributed by atoms with Gasteiger partial charge in [-0.3, -0.25) is 4.79 Å². The molecule has 3 rings (SSSR count). The van der Waals surface area contributed by atoms with Crippen LogP contribution in [0, 0.1) is 13.8 Å². The highest BCUT2D eigenvalue weighted by Crippen LogP contribution is 2.36. The lowest BCUT2D eigenvalue weighted by Gasteiger charge is -2.35. The van der Waals surface area contributed by atoms with Crippen molar-refractivity contribution in [3.63, 3.8) is 0 Å². The monoisotopic (exact) mass is 346 g/mol. The summed E-state index contributed by atoms with van der Waals surface area (Å²) in [5.41, 5.74) is 2.48. The van der Waals surface area contributed by atoms with Gasteiger partial charge in [0.15, 0.2) is 0 Å². The van der Waals surface area contributed by atoms with Gasteiger partial charge in [0.2, 0.25) is 15.6 Å². The second-order valence-electron chi connectivity index (χ2n) is 6.34. The van der Waals surface area contributed by atoms with E-state index in [1.54, 1.807) is 22.5 Å². The number of hydrogen-bond acceptors (Lipinski definition) is 3. The lowest BCUT2D eigenvalue weighted by Crippen LogP contribution is -2.39. The number of pyridine rings is 1. The molecule has 24 heavy (non-hydrogen) atoms. The first-order chi connectivity index (χ1) is 11.4. The minimum absolute atomic E-state index is 0.167.